The average molecular weight is 259 g/mol. The van der Waals surface area contributed by atoms with Gasteiger partial charge in [-0.15, -0.1) is 11.3 Å². The molecule has 1 aromatic rings. The standard InChI is InChI=1S/C11H15BrS/c12-9-11(6-2-1-3-7-11)10-5-4-8-13-10/h4-5,8H,1-3,6-7,9H2. The SMILES string of the molecule is BrCC1(c2cccs2)CCCCC1. The van der Waals surface area contributed by atoms with Gasteiger partial charge in [0.25, 0.3) is 0 Å². The zero-order chi connectivity index (χ0) is 9.15. The van der Waals surface area contributed by atoms with Crippen LogP contribution in [0.15, 0.2) is 17.5 Å². The van der Waals surface area contributed by atoms with Crippen molar-refractivity contribution in [3.05, 3.63) is 22.4 Å². The minimum absolute atomic E-state index is 0.479. The molecule has 0 aromatic carbocycles. The minimum atomic E-state index is 0.479. The summed E-state index contributed by atoms with van der Waals surface area (Å²) < 4.78 is 0. The van der Waals surface area contributed by atoms with Crippen LogP contribution < -0.4 is 0 Å². The second-order valence-electron chi connectivity index (χ2n) is 3.95. The largest absolute Gasteiger partial charge is 0.148 e. The molecule has 1 aliphatic rings. The first-order chi connectivity index (χ1) is 6.37. The number of hydrogen-bond acceptors (Lipinski definition) is 1. The van der Waals surface area contributed by atoms with Crippen molar-refractivity contribution < 1.29 is 0 Å². The van der Waals surface area contributed by atoms with Crippen molar-refractivity contribution >= 4 is 27.3 Å². The van der Waals surface area contributed by atoms with E-state index in [9.17, 15) is 0 Å². The van der Waals surface area contributed by atoms with Crippen LogP contribution in [0.4, 0.5) is 0 Å². The Bertz CT molecular complexity index is 247. The van der Waals surface area contributed by atoms with Gasteiger partial charge in [-0.25, -0.2) is 0 Å². The first-order valence-corrected chi connectivity index (χ1v) is 6.97. The van der Waals surface area contributed by atoms with Crippen molar-refractivity contribution in [3.8, 4) is 0 Å². The summed E-state index contributed by atoms with van der Waals surface area (Å²) >= 11 is 5.62. The van der Waals surface area contributed by atoms with E-state index in [1.807, 2.05) is 11.3 Å². The molecular weight excluding hydrogens is 244 g/mol. The fraction of sp³-hybridized carbons (Fsp3) is 0.636. The van der Waals surface area contributed by atoms with Crippen molar-refractivity contribution in [3.63, 3.8) is 0 Å². The monoisotopic (exact) mass is 258 g/mol. The molecule has 1 aliphatic carbocycles. The predicted molar refractivity (Wildman–Crippen MR) is 62.9 cm³/mol. The van der Waals surface area contributed by atoms with E-state index in [2.05, 4.69) is 33.4 Å². The normalized spacial score (nSPS) is 21.6. The smallest absolute Gasteiger partial charge is 0.0144 e. The van der Waals surface area contributed by atoms with Crippen LogP contribution in [0.2, 0.25) is 0 Å². The van der Waals surface area contributed by atoms with Crippen LogP contribution in [0.3, 0.4) is 0 Å². The predicted octanol–water partition coefficient (Wildman–Crippen LogP) is 4.34. The summed E-state index contributed by atoms with van der Waals surface area (Å²) in [6.45, 7) is 0. The van der Waals surface area contributed by atoms with E-state index >= 15 is 0 Å². The molecule has 0 N–H and O–H groups in total. The number of hydrogen-bond donors (Lipinski definition) is 0. The number of alkyl halides is 1. The lowest BCUT2D eigenvalue weighted by Crippen LogP contribution is -2.29. The molecule has 0 nitrogen and oxygen atoms in total. The van der Waals surface area contributed by atoms with Crippen LogP contribution in [-0.4, -0.2) is 5.33 Å². The summed E-state index contributed by atoms with van der Waals surface area (Å²) in [7, 11) is 0. The highest BCUT2D eigenvalue weighted by molar-refractivity contribution is 9.09. The van der Waals surface area contributed by atoms with Gasteiger partial charge in [-0.2, -0.15) is 0 Å². The Morgan fingerprint density at radius 3 is 2.62 bits per heavy atom. The lowest BCUT2D eigenvalue weighted by Gasteiger charge is -2.34. The Balaban J connectivity index is 2.23. The number of thiophene rings is 1. The maximum absolute atomic E-state index is 3.70. The van der Waals surface area contributed by atoms with Crippen LogP contribution in [0, 0.1) is 0 Å². The van der Waals surface area contributed by atoms with Gasteiger partial charge < -0.3 is 0 Å². The molecule has 2 heteroatoms. The number of halogens is 1. The van der Waals surface area contributed by atoms with Crippen LogP contribution in [0.25, 0.3) is 0 Å². The van der Waals surface area contributed by atoms with Crippen molar-refractivity contribution in [1.82, 2.24) is 0 Å². The molecule has 0 radical (unpaired) electrons. The van der Waals surface area contributed by atoms with Gasteiger partial charge in [0.1, 0.15) is 0 Å². The van der Waals surface area contributed by atoms with Gasteiger partial charge >= 0.3 is 0 Å². The quantitative estimate of drug-likeness (QED) is 0.693. The Morgan fingerprint density at radius 2 is 2.08 bits per heavy atom. The zero-order valence-electron chi connectivity index (χ0n) is 7.76. The van der Waals surface area contributed by atoms with Gasteiger partial charge in [-0.3, -0.25) is 0 Å². The van der Waals surface area contributed by atoms with E-state index in [1.54, 1.807) is 4.88 Å². The Hall–Kier alpha value is 0.180. The van der Waals surface area contributed by atoms with Gasteiger partial charge in [-0.1, -0.05) is 41.3 Å². The maximum Gasteiger partial charge on any atom is 0.0144 e. The summed E-state index contributed by atoms with van der Waals surface area (Å²) in [6.07, 6.45) is 6.99. The van der Waals surface area contributed by atoms with Crippen LogP contribution in [0.1, 0.15) is 37.0 Å². The molecule has 1 fully saturated rings. The Kier molecular flexibility index (Phi) is 3.10. The third-order valence-electron chi connectivity index (χ3n) is 3.11. The molecule has 1 saturated carbocycles. The molecule has 0 bridgehead atoms. The minimum Gasteiger partial charge on any atom is -0.148 e. The third kappa shape index (κ3) is 1.84. The van der Waals surface area contributed by atoms with Gasteiger partial charge in [0.2, 0.25) is 0 Å². The maximum atomic E-state index is 3.70. The van der Waals surface area contributed by atoms with Crippen LogP contribution >= 0.6 is 27.3 Å². The van der Waals surface area contributed by atoms with E-state index in [-0.39, 0.29) is 0 Å². The molecule has 0 amide bonds. The lowest BCUT2D eigenvalue weighted by atomic mass is 9.75. The molecule has 0 atom stereocenters. The molecular formula is C11H15BrS. The molecule has 0 spiro atoms. The Labute approximate surface area is 92.5 Å². The second-order valence-corrected chi connectivity index (χ2v) is 5.46. The Morgan fingerprint density at radius 1 is 1.31 bits per heavy atom. The average Bonchev–Trinajstić information content (AvgIpc) is 2.72. The molecule has 0 unspecified atom stereocenters. The summed E-state index contributed by atoms with van der Waals surface area (Å²) in [5.41, 5.74) is 0.479. The van der Waals surface area contributed by atoms with E-state index in [1.165, 1.54) is 32.1 Å². The second kappa shape index (κ2) is 4.14. The third-order valence-corrected chi connectivity index (χ3v) is 5.30. The van der Waals surface area contributed by atoms with Gasteiger partial charge in [0.15, 0.2) is 0 Å². The van der Waals surface area contributed by atoms with Crippen LogP contribution in [-0.2, 0) is 5.41 Å². The van der Waals surface area contributed by atoms with E-state index in [0.29, 0.717) is 5.41 Å². The highest BCUT2D eigenvalue weighted by Gasteiger charge is 2.33. The summed E-state index contributed by atoms with van der Waals surface area (Å²) in [6, 6.07) is 4.48. The number of rotatable bonds is 2. The van der Waals surface area contributed by atoms with Gasteiger partial charge in [0, 0.05) is 15.6 Å². The molecule has 72 valence electrons. The summed E-state index contributed by atoms with van der Waals surface area (Å²) in [5, 5.41) is 3.34. The van der Waals surface area contributed by atoms with Crippen molar-refractivity contribution in [2.24, 2.45) is 0 Å². The molecule has 1 aromatic heterocycles. The first-order valence-electron chi connectivity index (χ1n) is 4.97. The molecule has 0 saturated heterocycles. The fourth-order valence-corrected chi connectivity index (χ4v) is 4.29. The summed E-state index contributed by atoms with van der Waals surface area (Å²) in [5.74, 6) is 0. The van der Waals surface area contributed by atoms with Gasteiger partial charge in [0.05, 0.1) is 0 Å². The zero-order valence-corrected chi connectivity index (χ0v) is 10.2. The lowest BCUT2D eigenvalue weighted by molar-refractivity contribution is 0.333. The highest BCUT2D eigenvalue weighted by Crippen LogP contribution is 2.42. The topological polar surface area (TPSA) is 0 Å². The van der Waals surface area contributed by atoms with Crippen molar-refractivity contribution in [2.45, 2.75) is 37.5 Å². The first kappa shape index (κ1) is 9.72. The van der Waals surface area contributed by atoms with Gasteiger partial charge in [-0.05, 0) is 24.3 Å². The van der Waals surface area contributed by atoms with E-state index in [0.717, 1.165) is 5.33 Å². The van der Waals surface area contributed by atoms with Crippen molar-refractivity contribution in [2.75, 3.05) is 5.33 Å². The van der Waals surface area contributed by atoms with E-state index in [4.69, 9.17) is 0 Å². The van der Waals surface area contributed by atoms with Crippen molar-refractivity contribution in [1.29, 1.82) is 0 Å². The molecule has 13 heavy (non-hydrogen) atoms. The molecule has 0 aliphatic heterocycles. The van der Waals surface area contributed by atoms with Crippen LogP contribution in [0.5, 0.6) is 0 Å². The van der Waals surface area contributed by atoms with E-state index < -0.39 is 0 Å². The highest BCUT2D eigenvalue weighted by atomic mass is 79.9. The summed E-state index contributed by atoms with van der Waals surface area (Å²) in [4.78, 5) is 1.59. The molecule has 1 heterocycles. The molecule has 2 rings (SSSR count). The fourth-order valence-electron chi connectivity index (χ4n) is 2.25.